The number of rotatable bonds is 6. The zero-order valence-electron chi connectivity index (χ0n) is 23.5. The number of ether oxygens (including phenoxy) is 1. The molecule has 1 fully saturated rings. The third-order valence-corrected chi connectivity index (χ3v) is 6.84. The van der Waals surface area contributed by atoms with Gasteiger partial charge in [0.2, 0.25) is 0 Å². The van der Waals surface area contributed by atoms with E-state index >= 15 is 4.39 Å². The van der Waals surface area contributed by atoms with Crippen molar-refractivity contribution < 1.29 is 33.6 Å². The number of nitrogens with one attached hydrogen (secondary N) is 1. The van der Waals surface area contributed by atoms with Crippen molar-refractivity contribution in [2.45, 2.75) is 45.8 Å². The van der Waals surface area contributed by atoms with Crippen molar-refractivity contribution in [3.63, 3.8) is 0 Å². The summed E-state index contributed by atoms with van der Waals surface area (Å²) >= 11 is 0. The van der Waals surface area contributed by atoms with Crippen LogP contribution >= 0.6 is 0 Å². The summed E-state index contributed by atoms with van der Waals surface area (Å²) in [6.45, 7) is 8.23. The van der Waals surface area contributed by atoms with Crippen molar-refractivity contribution in [2.75, 3.05) is 37.0 Å². The van der Waals surface area contributed by atoms with Gasteiger partial charge in [-0.1, -0.05) is 6.07 Å². The smallest absolute Gasteiger partial charge is 0.410 e. The fourth-order valence-electron chi connectivity index (χ4n) is 4.65. The van der Waals surface area contributed by atoms with Crippen LogP contribution in [-0.2, 0) is 4.74 Å². The highest BCUT2D eigenvalue weighted by Crippen LogP contribution is 2.31. The van der Waals surface area contributed by atoms with E-state index in [1.807, 2.05) is 25.7 Å². The van der Waals surface area contributed by atoms with E-state index in [1.54, 1.807) is 49.2 Å². The number of likely N-dealkylation sites (N-methyl/N-ethyl adjacent to an activating group) is 1. The summed E-state index contributed by atoms with van der Waals surface area (Å²) in [6, 6.07) is 12.4. The minimum Gasteiger partial charge on any atom is -0.595 e. The van der Waals surface area contributed by atoms with Gasteiger partial charge in [-0.15, -0.1) is 0 Å². The number of benzene rings is 2. The maximum absolute atomic E-state index is 15.3. The quantitative estimate of drug-likeness (QED) is 0.431. The number of carbonyl (C=O) groups is 2. The molecule has 0 spiro atoms. The molecule has 2 heterocycles. The standard InChI is InChI=1S/C29H35FN4O6/c1-18-7-9-21(24(15-18)34(37)38)25-11-12-26(39-25)27(35)31(5)19-8-10-23(22(30)16-19)33-14-13-20(17-33)32(6)28(36)40-29(2,3)4/h7-12,15-16,20,34,37H,13-14,17H2,1-6H3. The Morgan fingerprint density at radius 1 is 1.15 bits per heavy atom. The van der Waals surface area contributed by atoms with Crippen LogP contribution in [0, 0.1) is 17.9 Å². The van der Waals surface area contributed by atoms with E-state index in [0.717, 1.165) is 5.56 Å². The van der Waals surface area contributed by atoms with Crippen LogP contribution in [0.2, 0.25) is 0 Å². The molecule has 214 valence electrons. The predicted octanol–water partition coefficient (Wildman–Crippen LogP) is 4.52. The highest BCUT2D eigenvalue weighted by atomic mass is 19.1. The van der Waals surface area contributed by atoms with Crippen molar-refractivity contribution in [2.24, 2.45) is 0 Å². The average Bonchev–Trinajstić information content (AvgIpc) is 3.57. The second-order valence-corrected chi connectivity index (χ2v) is 11.0. The number of furan rings is 1. The molecule has 2 amide bonds. The van der Waals surface area contributed by atoms with Gasteiger partial charge in [0.15, 0.2) is 11.4 Å². The van der Waals surface area contributed by atoms with Crippen LogP contribution in [0.15, 0.2) is 52.9 Å². The Morgan fingerprint density at radius 3 is 2.52 bits per heavy atom. The Labute approximate surface area is 232 Å². The normalized spacial score (nSPS) is 16.1. The van der Waals surface area contributed by atoms with E-state index in [9.17, 15) is 20.0 Å². The minimum atomic E-state index is -1.10. The molecule has 0 bridgehead atoms. The number of nitrogens with zero attached hydrogens (tertiary/aromatic N) is 3. The van der Waals surface area contributed by atoms with Crippen LogP contribution in [0.25, 0.3) is 11.3 Å². The molecule has 1 saturated heterocycles. The second kappa shape index (κ2) is 11.3. The summed E-state index contributed by atoms with van der Waals surface area (Å²) in [5.74, 6) is -0.770. The molecular weight excluding hydrogens is 519 g/mol. The van der Waals surface area contributed by atoms with Crippen molar-refractivity contribution in [3.8, 4) is 11.3 Å². The van der Waals surface area contributed by atoms with E-state index in [2.05, 4.69) is 0 Å². The highest BCUT2D eigenvalue weighted by molar-refractivity contribution is 6.04. The Bertz CT molecular complexity index is 1400. The van der Waals surface area contributed by atoms with Crippen LogP contribution < -0.4 is 15.0 Å². The maximum atomic E-state index is 15.3. The lowest BCUT2D eigenvalue weighted by Crippen LogP contribution is -2.99. The molecule has 40 heavy (non-hydrogen) atoms. The van der Waals surface area contributed by atoms with E-state index in [4.69, 9.17) is 9.15 Å². The topological polar surface area (TPSA) is 114 Å². The van der Waals surface area contributed by atoms with Crippen molar-refractivity contribution >= 4 is 29.1 Å². The number of carbonyl (C=O) groups excluding carboxylic acids is 2. The summed E-state index contributed by atoms with van der Waals surface area (Å²) < 4.78 is 26.4. The number of quaternary nitrogens is 1. The molecule has 11 heteroatoms. The second-order valence-electron chi connectivity index (χ2n) is 11.0. The fourth-order valence-corrected chi connectivity index (χ4v) is 4.65. The van der Waals surface area contributed by atoms with Crippen LogP contribution in [0.5, 0.6) is 0 Å². The van der Waals surface area contributed by atoms with Gasteiger partial charge in [0.1, 0.15) is 17.2 Å². The number of anilines is 2. The molecule has 1 aliphatic rings. The molecule has 1 aromatic heterocycles. The zero-order chi connectivity index (χ0) is 29.4. The third-order valence-electron chi connectivity index (χ3n) is 6.84. The van der Waals surface area contributed by atoms with Crippen molar-refractivity contribution in [1.29, 1.82) is 0 Å². The van der Waals surface area contributed by atoms with Gasteiger partial charge < -0.3 is 29.1 Å². The molecule has 10 nitrogen and oxygen atoms in total. The first-order valence-electron chi connectivity index (χ1n) is 13.0. The van der Waals surface area contributed by atoms with Crippen molar-refractivity contribution in [3.05, 3.63) is 70.9 Å². The first-order valence-corrected chi connectivity index (χ1v) is 13.0. The van der Waals surface area contributed by atoms with Gasteiger partial charge in [-0.2, -0.15) is 5.23 Å². The molecule has 4 rings (SSSR count). The molecule has 0 radical (unpaired) electrons. The van der Waals surface area contributed by atoms with Crippen LogP contribution in [0.3, 0.4) is 0 Å². The van der Waals surface area contributed by atoms with Gasteiger partial charge in [-0.3, -0.25) is 4.79 Å². The Kier molecular flexibility index (Phi) is 8.20. The molecule has 3 aromatic rings. The van der Waals surface area contributed by atoms with Crippen molar-refractivity contribution in [1.82, 2.24) is 4.90 Å². The molecule has 0 saturated carbocycles. The van der Waals surface area contributed by atoms with Gasteiger partial charge in [0.05, 0.1) is 17.3 Å². The highest BCUT2D eigenvalue weighted by Gasteiger charge is 2.32. The molecule has 0 aliphatic carbocycles. The Morgan fingerprint density at radius 2 is 1.88 bits per heavy atom. The Balaban J connectivity index is 1.46. The lowest BCUT2D eigenvalue weighted by Gasteiger charge is -2.29. The fraction of sp³-hybridized carbons (Fsp3) is 0.379. The van der Waals surface area contributed by atoms with E-state index < -0.39 is 28.6 Å². The SMILES string of the molecule is Cc1ccc(-c2ccc(C(=O)N(C)c3ccc(N4CCC(N(C)C(=O)OC(C)(C)C)C4)c(F)c3)o2)c([NH+]([O-])O)c1. The molecule has 2 aromatic carbocycles. The lowest BCUT2D eigenvalue weighted by molar-refractivity contribution is -0.991. The number of halogens is 1. The van der Waals surface area contributed by atoms with E-state index in [-0.39, 0.29) is 23.2 Å². The van der Waals surface area contributed by atoms with Gasteiger partial charge in [-0.05, 0) is 76.1 Å². The largest absolute Gasteiger partial charge is 0.595 e. The van der Waals surface area contributed by atoms with Crippen LogP contribution in [-0.4, -0.2) is 60.9 Å². The van der Waals surface area contributed by atoms with E-state index in [1.165, 1.54) is 30.1 Å². The summed E-state index contributed by atoms with van der Waals surface area (Å²) in [6.07, 6.45) is 0.249. The summed E-state index contributed by atoms with van der Waals surface area (Å²) in [5, 5.41) is 20.1. The van der Waals surface area contributed by atoms with Gasteiger partial charge >= 0.3 is 6.09 Å². The lowest BCUT2D eigenvalue weighted by atomic mass is 10.1. The monoisotopic (exact) mass is 554 g/mol. The van der Waals surface area contributed by atoms with Crippen LogP contribution in [0.1, 0.15) is 43.3 Å². The molecule has 2 N–H and O–H groups in total. The molecule has 1 aliphatic heterocycles. The number of aryl methyl sites for hydroxylation is 1. The first-order chi connectivity index (χ1) is 18.7. The minimum absolute atomic E-state index is 0.00790. The number of hydrogen-bond donors (Lipinski definition) is 2. The zero-order valence-corrected chi connectivity index (χ0v) is 23.5. The Hall–Kier alpha value is -3.93. The summed E-state index contributed by atoms with van der Waals surface area (Å²) in [5.41, 5.74) is 1.32. The summed E-state index contributed by atoms with van der Waals surface area (Å²) in [4.78, 5) is 30.3. The third kappa shape index (κ3) is 6.27. The first kappa shape index (κ1) is 29.1. The predicted molar refractivity (Wildman–Crippen MR) is 148 cm³/mol. The summed E-state index contributed by atoms with van der Waals surface area (Å²) in [7, 11) is 3.19. The number of amides is 2. The maximum Gasteiger partial charge on any atom is 0.410 e. The number of hydrogen-bond acceptors (Lipinski definition) is 7. The van der Waals surface area contributed by atoms with E-state index in [0.29, 0.717) is 36.4 Å². The van der Waals surface area contributed by atoms with Crippen LogP contribution in [0.4, 0.5) is 26.2 Å². The van der Waals surface area contributed by atoms with Gasteiger partial charge in [0.25, 0.3) is 5.91 Å². The average molecular weight is 555 g/mol. The molecule has 2 unspecified atom stereocenters. The van der Waals surface area contributed by atoms with Gasteiger partial charge in [-0.25, -0.2) is 14.4 Å². The van der Waals surface area contributed by atoms with Gasteiger partial charge in [0, 0.05) is 38.9 Å². The molecular formula is C29H35FN4O6. The molecule has 2 atom stereocenters.